The van der Waals surface area contributed by atoms with Crippen LogP contribution in [0.1, 0.15) is 12.0 Å². The van der Waals surface area contributed by atoms with Crippen molar-refractivity contribution in [1.29, 1.82) is 0 Å². The summed E-state index contributed by atoms with van der Waals surface area (Å²) >= 11 is 0. The van der Waals surface area contributed by atoms with Gasteiger partial charge in [0.1, 0.15) is 5.82 Å². The predicted molar refractivity (Wildman–Crippen MR) is 72.2 cm³/mol. The largest absolute Gasteiger partial charge is 0.369 e. The predicted octanol–water partition coefficient (Wildman–Crippen LogP) is 1.54. The number of carbonyl (C=O) groups is 1. The maximum Gasteiger partial charge on any atom is 0.223 e. The van der Waals surface area contributed by atoms with E-state index in [2.05, 4.69) is 4.98 Å². The molecule has 0 unspecified atom stereocenters. The van der Waals surface area contributed by atoms with Crippen molar-refractivity contribution < 1.29 is 9.18 Å². The van der Waals surface area contributed by atoms with Gasteiger partial charge in [-0.1, -0.05) is 0 Å². The number of hydrogen-bond acceptors (Lipinski definition) is 3. The number of amides is 1. The molecular formula is C13H17FN4O. The van der Waals surface area contributed by atoms with Crippen molar-refractivity contribution in [2.24, 2.45) is 0 Å². The lowest BCUT2D eigenvalue weighted by molar-refractivity contribution is -0.128. The van der Waals surface area contributed by atoms with Crippen LogP contribution in [0.2, 0.25) is 0 Å². The molecule has 19 heavy (non-hydrogen) atoms. The number of nitrogens with two attached hydrogens (primary N) is 1. The second kappa shape index (κ2) is 4.87. The van der Waals surface area contributed by atoms with Gasteiger partial charge in [0.2, 0.25) is 11.9 Å². The van der Waals surface area contributed by atoms with E-state index < -0.39 is 0 Å². The van der Waals surface area contributed by atoms with Crippen molar-refractivity contribution in [3.8, 4) is 0 Å². The minimum Gasteiger partial charge on any atom is -0.369 e. The van der Waals surface area contributed by atoms with E-state index in [0.29, 0.717) is 30.0 Å². The average Bonchev–Trinajstić information content (AvgIpc) is 2.62. The molecule has 0 fully saturated rings. The van der Waals surface area contributed by atoms with E-state index in [9.17, 15) is 9.18 Å². The summed E-state index contributed by atoms with van der Waals surface area (Å²) < 4.78 is 15.2. The van der Waals surface area contributed by atoms with E-state index in [1.807, 2.05) is 0 Å². The van der Waals surface area contributed by atoms with E-state index in [0.717, 1.165) is 5.52 Å². The highest BCUT2D eigenvalue weighted by molar-refractivity contribution is 5.80. The molecule has 1 aromatic heterocycles. The zero-order valence-electron chi connectivity index (χ0n) is 11.3. The molecule has 0 aliphatic rings. The van der Waals surface area contributed by atoms with Crippen LogP contribution < -0.4 is 5.73 Å². The number of nitrogen functional groups attached to an aromatic ring is 1. The van der Waals surface area contributed by atoms with Crippen LogP contribution in [0.25, 0.3) is 11.0 Å². The molecule has 1 amide bonds. The van der Waals surface area contributed by atoms with Gasteiger partial charge < -0.3 is 15.2 Å². The summed E-state index contributed by atoms with van der Waals surface area (Å²) in [5.41, 5.74) is 7.62. The Morgan fingerprint density at radius 1 is 1.47 bits per heavy atom. The summed E-state index contributed by atoms with van der Waals surface area (Å²) in [5, 5.41) is 0. The smallest absolute Gasteiger partial charge is 0.223 e. The average molecular weight is 264 g/mol. The van der Waals surface area contributed by atoms with Crippen LogP contribution >= 0.6 is 0 Å². The fraction of sp³-hybridized carbons (Fsp3) is 0.385. The van der Waals surface area contributed by atoms with E-state index >= 15 is 0 Å². The highest BCUT2D eigenvalue weighted by Crippen LogP contribution is 2.21. The van der Waals surface area contributed by atoms with Gasteiger partial charge in [-0.2, -0.15) is 0 Å². The minimum absolute atomic E-state index is 0.0140. The van der Waals surface area contributed by atoms with Crippen LogP contribution in [-0.2, 0) is 11.3 Å². The van der Waals surface area contributed by atoms with Crippen LogP contribution in [0.5, 0.6) is 0 Å². The number of hydrogen-bond donors (Lipinski definition) is 1. The molecule has 0 aliphatic heterocycles. The zero-order chi connectivity index (χ0) is 14.2. The number of fused-ring (bicyclic) bond motifs is 1. The summed E-state index contributed by atoms with van der Waals surface area (Å²) in [6.45, 7) is 2.12. The Balaban J connectivity index is 2.35. The number of benzene rings is 1. The number of carbonyl (C=O) groups excluding carboxylic acids is 1. The molecule has 2 N–H and O–H groups in total. The lowest BCUT2D eigenvalue weighted by Gasteiger charge is -2.11. The number of nitrogens with zero attached hydrogens (tertiary/aromatic N) is 3. The minimum atomic E-state index is -0.304. The molecule has 102 valence electrons. The molecular weight excluding hydrogens is 247 g/mol. The molecule has 0 aliphatic carbocycles. The molecule has 1 heterocycles. The maximum absolute atomic E-state index is 13.5. The Morgan fingerprint density at radius 3 is 2.79 bits per heavy atom. The van der Waals surface area contributed by atoms with E-state index in [1.54, 1.807) is 31.7 Å². The first kappa shape index (κ1) is 13.3. The molecule has 0 radical (unpaired) electrons. The first-order valence-electron chi connectivity index (χ1n) is 6.02. The normalized spacial score (nSPS) is 10.9. The van der Waals surface area contributed by atoms with E-state index in [-0.39, 0.29) is 11.7 Å². The fourth-order valence-corrected chi connectivity index (χ4v) is 1.93. The van der Waals surface area contributed by atoms with Crippen molar-refractivity contribution in [2.75, 3.05) is 19.8 Å². The maximum atomic E-state index is 13.5. The van der Waals surface area contributed by atoms with E-state index in [1.165, 1.54) is 11.0 Å². The van der Waals surface area contributed by atoms with Gasteiger partial charge in [-0.05, 0) is 18.6 Å². The van der Waals surface area contributed by atoms with Crippen LogP contribution in [0.4, 0.5) is 10.3 Å². The van der Waals surface area contributed by atoms with Crippen LogP contribution in [-0.4, -0.2) is 34.5 Å². The summed E-state index contributed by atoms with van der Waals surface area (Å²) in [6.07, 6.45) is 0.332. The molecule has 2 aromatic rings. The second-order valence-electron chi connectivity index (χ2n) is 4.75. The number of aryl methyl sites for hydroxylation is 2. The van der Waals surface area contributed by atoms with Crippen LogP contribution in [0.15, 0.2) is 12.1 Å². The van der Waals surface area contributed by atoms with Crippen LogP contribution in [0.3, 0.4) is 0 Å². The van der Waals surface area contributed by atoms with Crippen molar-refractivity contribution >= 4 is 22.9 Å². The highest BCUT2D eigenvalue weighted by atomic mass is 19.1. The first-order chi connectivity index (χ1) is 8.90. The monoisotopic (exact) mass is 264 g/mol. The number of aromatic nitrogens is 2. The van der Waals surface area contributed by atoms with Crippen molar-refractivity contribution in [1.82, 2.24) is 14.5 Å². The van der Waals surface area contributed by atoms with Gasteiger partial charge in [0.15, 0.2) is 0 Å². The standard InChI is InChI=1S/C13H17FN4O/c1-8-6-11-10(7-9(8)14)16-13(15)18(11)5-4-12(19)17(2)3/h6-7H,4-5H2,1-3H3,(H2,15,16). The Hall–Kier alpha value is -2.11. The molecule has 0 saturated heterocycles. The summed E-state index contributed by atoms with van der Waals surface area (Å²) in [4.78, 5) is 17.2. The van der Waals surface area contributed by atoms with Gasteiger partial charge in [-0.3, -0.25) is 4.79 Å². The van der Waals surface area contributed by atoms with Crippen molar-refractivity contribution in [3.05, 3.63) is 23.5 Å². The molecule has 0 bridgehead atoms. The van der Waals surface area contributed by atoms with E-state index in [4.69, 9.17) is 5.73 Å². The number of imidazole rings is 1. The third-order valence-electron chi connectivity index (χ3n) is 3.11. The molecule has 6 heteroatoms. The van der Waals surface area contributed by atoms with Gasteiger partial charge in [-0.15, -0.1) is 0 Å². The summed E-state index contributed by atoms with van der Waals surface area (Å²) in [7, 11) is 3.41. The van der Waals surface area contributed by atoms with Crippen LogP contribution in [0, 0.1) is 12.7 Å². The lowest BCUT2D eigenvalue weighted by atomic mass is 10.2. The van der Waals surface area contributed by atoms with Gasteiger partial charge in [0.05, 0.1) is 11.0 Å². The Bertz CT molecular complexity index is 633. The van der Waals surface area contributed by atoms with Crippen molar-refractivity contribution in [2.45, 2.75) is 19.9 Å². The Labute approximate surface area is 110 Å². The fourth-order valence-electron chi connectivity index (χ4n) is 1.93. The van der Waals surface area contributed by atoms with Gasteiger partial charge in [0, 0.05) is 33.1 Å². The molecule has 0 spiro atoms. The van der Waals surface area contributed by atoms with Gasteiger partial charge in [-0.25, -0.2) is 9.37 Å². The van der Waals surface area contributed by atoms with Crippen molar-refractivity contribution in [3.63, 3.8) is 0 Å². The highest BCUT2D eigenvalue weighted by Gasteiger charge is 2.12. The molecule has 0 saturated carbocycles. The first-order valence-corrected chi connectivity index (χ1v) is 6.02. The molecule has 0 atom stereocenters. The third-order valence-corrected chi connectivity index (χ3v) is 3.11. The zero-order valence-corrected chi connectivity index (χ0v) is 11.3. The number of halogens is 1. The second-order valence-corrected chi connectivity index (χ2v) is 4.75. The molecule has 2 rings (SSSR count). The lowest BCUT2D eigenvalue weighted by Crippen LogP contribution is -2.23. The Kier molecular flexibility index (Phi) is 3.42. The number of anilines is 1. The quantitative estimate of drug-likeness (QED) is 0.914. The summed E-state index contributed by atoms with van der Waals surface area (Å²) in [6, 6.07) is 3.07. The third kappa shape index (κ3) is 2.52. The Morgan fingerprint density at radius 2 is 2.16 bits per heavy atom. The van der Waals surface area contributed by atoms with Gasteiger partial charge in [0.25, 0.3) is 0 Å². The SMILES string of the molecule is Cc1cc2c(cc1F)nc(N)n2CCC(=O)N(C)C. The molecule has 1 aromatic carbocycles. The number of rotatable bonds is 3. The topological polar surface area (TPSA) is 64.1 Å². The van der Waals surface area contributed by atoms with Gasteiger partial charge >= 0.3 is 0 Å². The summed E-state index contributed by atoms with van der Waals surface area (Å²) in [5.74, 6) is 0.00755. The molecule has 5 nitrogen and oxygen atoms in total.